The normalized spacial score (nSPS) is 24.5. The van der Waals surface area contributed by atoms with Crippen LogP contribution in [0, 0.1) is 0 Å². The van der Waals surface area contributed by atoms with Crippen LogP contribution in [0.4, 0.5) is 8.78 Å². The second kappa shape index (κ2) is 11.6. The number of nitrogens with zero attached hydrogens (tertiary/aromatic N) is 2. The average molecular weight is 554 g/mol. The van der Waals surface area contributed by atoms with Crippen LogP contribution in [0.15, 0.2) is 122 Å². The minimum absolute atomic E-state index is 0.00796. The lowest BCUT2D eigenvalue weighted by molar-refractivity contribution is 0.0341. The minimum Gasteiger partial charge on any atom is -0.344 e. The Bertz CT molecular complexity index is 1530. The Labute approximate surface area is 236 Å². The van der Waals surface area contributed by atoms with Gasteiger partial charge in [0.25, 0.3) is 5.91 Å². The van der Waals surface area contributed by atoms with Gasteiger partial charge in [-0.25, -0.2) is 24.6 Å². The summed E-state index contributed by atoms with van der Waals surface area (Å²) in [4.78, 5) is 17.3. The fourth-order valence-corrected chi connectivity index (χ4v) is 5.04. The topological polar surface area (TPSA) is 80.2 Å². The Kier molecular flexibility index (Phi) is 7.56. The molecule has 0 radical (unpaired) electrons. The maximum absolute atomic E-state index is 16.4. The van der Waals surface area contributed by atoms with Gasteiger partial charge in [0.05, 0.1) is 12.4 Å². The first-order valence-electron chi connectivity index (χ1n) is 13.4. The number of rotatable bonds is 8. The van der Waals surface area contributed by atoms with Crippen LogP contribution in [0.5, 0.6) is 0 Å². The lowest BCUT2D eigenvalue weighted by Crippen LogP contribution is -2.56. The Hall–Kier alpha value is -4.44. The summed E-state index contributed by atoms with van der Waals surface area (Å²) in [6.45, 7) is -0.00796. The van der Waals surface area contributed by atoms with Crippen LogP contribution in [-0.4, -0.2) is 33.3 Å². The predicted molar refractivity (Wildman–Crippen MR) is 151 cm³/mol. The molecule has 208 valence electrons. The number of halogens is 2. The van der Waals surface area contributed by atoms with E-state index in [-0.39, 0.29) is 12.8 Å². The molecule has 1 aromatic heterocycles. The summed E-state index contributed by atoms with van der Waals surface area (Å²) in [5, 5.41) is 2.74. The molecule has 3 aromatic carbocycles. The van der Waals surface area contributed by atoms with Gasteiger partial charge in [0, 0.05) is 24.5 Å². The summed E-state index contributed by atoms with van der Waals surface area (Å²) in [6.07, 6.45) is 6.03. The van der Waals surface area contributed by atoms with E-state index in [1.807, 2.05) is 60.7 Å². The molecule has 0 spiro atoms. The molecule has 9 heteroatoms. The molecule has 1 fully saturated rings. The van der Waals surface area contributed by atoms with Gasteiger partial charge in [-0.1, -0.05) is 78.9 Å². The van der Waals surface area contributed by atoms with Gasteiger partial charge < -0.3 is 14.6 Å². The molecule has 41 heavy (non-hydrogen) atoms. The predicted octanol–water partition coefficient (Wildman–Crippen LogP) is 5.20. The van der Waals surface area contributed by atoms with Gasteiger partial charge in [-0.3, -0.25) is 4.79 Å². The van der Waals surface area contributed by atoms with Crippen molar-refractivity contribution < 1.29 is 18.3 Å². The molecule has 2 aliphatic rings. The second-order valence-electron chi connectivity index (χ2n) is 10.1. The van der Waals surface area contributed by atoms with Crippen LogP contribution < -0.4 is 16.2 Å². The highest BCUT2D eigenvalue weighted by atomic mass is 19.2. The summed E-state index contributed by atoms with van der Waals surface area (Å²) in [5.74, 6) is -0.516. The SMILES string of the molecule is O=C(NC(Cn1ccnc1)C1(F)C=CC(c2ccccc2)=CC1F)c1ccc([C@@H]2NNC(c3ccccc3)O2)cc1. The number of aromatic nitrogens is 2. The summed E-state index contributed by atoms with van der Waals surface area (Å²) in [5.41, 5.74) is 7.23. The quantitative estimate of drug-likeness (QED) is 0.280. The van der Waals surface area contributed by atoms with Crippen molar-refractivity contribution in [3.05, 3.63) is 144 Å². The summed E-state index contributed by atoms with van der Waals surface area (Å²) in [6, 6.07) is 24.6. The monoisotopic (exact) mass is 553 g/mol. The van der Waals surface area contributed by atoms with Crippen molar-refractivity contribution >= 4 is 11.5 Å². The molecule has 1 aliphatic heterocycles. The fraction of sp³-hybridized carbons (Fsp3) is 0.188. The zero-order valence-corrected chi connectivity index (χ0v) is 22.0. The van der Waals surface area contributed by atoms with Crippen LogP contribution in [-0.2, 0) is 11.3 Å². The van der Waals surface area contributed by atoms with Crippen molar-refractivity contribution in [3.63, 3.8) is 0 Å². The van der Waals surface area contributed by atoms with Crippen LogP contribution in [0.1, 0.15) is 39.5 Å². The molecule has 1 amide bonds. The van der Waals surface area contributed by atoms with E-state index in [2.05, 4.69) is 21.2 Å². The van der Waals surface area contributed by atoms with Crippen LogP contribution in [0.2, 0.25) is 0 Å². The van der Waals surface area contributed by atoms with E-state index in [9.17, 15) is 4.79 Å². The van der Waals surface area contributed by atoms with Crippen molar-refractivity contribution in [1.29, 1.82) is 0 Å². The van der Waals surface area contributed by atoms with Crippen molar-refractivity contribution in [2.75, 3.05) is 0 Å². The highest BCUT2D eigenvalue weighted by Gasteiger charge is 2.46. The molecule has 0 bridgehead atoms. The van der Waals surface area contributed by atoms with Crippen molar-refractivity contribution in [1.82, 2.24) is 25.7 Å². The molecule has 6 rings (SSSR count). The van der Waals surface area contributed by atoms with Crippen LogP contribution >= 0.6 is 0 Å². The molecular weight excluding hydrogens is 524 g/mol. The van der Waals surface area contributed by atoms with Gasteiger partial charge in [-0.2, -0.15) is 0 Å². The molecule has 1 aliphatic carbocycles. The molecule has 7 nitrogen and oxygen atoms in total. The summed E-state index contributed by atoms with van der Waals surface area (Å²) < 4.78 is 39.7. The molecule has 3 N–H and O–H groups in total. The first-order chi connectivity index (χ1) is 20.0. The zero-order valence-electron chi connectivity index (χ0n) is 22.0. The number of carbonyl (C=O) groups is 1. The van der Waals surface area contributed by atoms with E-state index in [1.165, 1.54) is 18.5 Å². The van der Waals surface area contributed by atoms with E-state index < -0.39 is 30.0 Å². The summed E-state index contributed by atoms with van der Waals surface area (Å²) >= 11 is 0. The number of benzene rings is 3. The molecule has 0 saturated carbocycles. The van der Waals surface area contributed by atoms with Crippen molar-refractivity contribution in [2.24, 2.45) is 0 Å². The number of imidazole rings is 1. The van der Waals surface area contributed by atoms with Gasteiger partial charge in [0.1, 0.15) is 12.5 Å². The standard InChI is InChI=1S/C32H29F2N5O2/c33-27-19-26(22-7-3-1-4-8-22)15-16-32(27,34)28(20-39-18-17-35-21-39)36-29(40)23-11-13-25(14-12-23)31-38-37-30(41-31)24-9-5-2-6-10-24/h1-19,21,27-28,30-31,37-38H,20H2,(H,36,40)/t27?,28?,30?,31-,32?/m1/s1. The smallest absolute Gasteiger partial charge is 0.251 e. The number of hydrazine groups is 1. The van der Waals surface area contributed by atoms with Gasteiger partial charge in [-0.05, 0) is 46.5 Å². The third-order valence-electron chi connectivity index (χ3n) is 7.36. The van der Waals surface area contributed by atoms with Crippen molar-refractivity contribution in [2.45, 2.75) is 36.9 Å². The van der Waals surface area contributed by atoms with Gasteiger partial charge >= 0.3 is 0 Å². The van der Waals surface area contributed by atoms with E-state index >= 15 is 8.78 Å². The lowest BCUT2D eigenvalue weighted by Gasteiger charge is -2.36. The van der Waals surface area contributed by atoms with Crippen LogP contribution in [0.3, 0.4) is 0 Å². The first-order valence-corrected chi connectivity index (χ1v) is 13.4. The number of ether oxygens (including phenoxy) is 1. The molecule has 5 atom stereocenters. The lowest BCUT2D eigenvalue weighted by atomic mass is 9.83. The maximum atomic E-state index is 16.4. The summed E-state index contributed by atoms with van der Waals surface area (Å²) in [7, 11) is 0. The fourth-order valence-electron chi connectivity index (χ4n) is 5.04. The molecule has 4 unspecified atom stereocenters. The average Bonchev–Trinajstić information content (AvgIpc) is 3.72. The third-order valence-corrected chi connectivity index (χ3v) is 7.36. The zero-order chi connectivity index (χ0) is 28.2. The Morgan fingerprint density at radius 2 is 1.63 bits per heavy atom. The van der Waals surface area contributed by atoms with Gasteiger partial charge in [0.2, 0.25) is 0 Å². The van der Waals surface area contributed by atoms with Gasteiger partial charge in [-0.15, -0.1) is 0 Å². The highest BCUT2D eigenvalue weighted by molar-refractivity contribution is 5.94. The second-order valence-corrected chi connectivity index (χ2v) is 10.1. The first kappa shape index (κ1) is 26.8. The number of amides is 1. The Balaban J connectivity index is 1.17. The Morgan fingerprint density at radius 1 is 0.976 bits per heavy atom. The van der Waals surface area contributed by atoms with E-state index in [0.717, 1.165) is 16.7 Å². The third kappa shape index (κ3) is 5.74. The molecule has 4 aromatic rings. The number of allylic oxidation sites excluding steroid dienone is 3. The minimum atomic E-state index is -2.47. The Morgan fingerprint density at radius 3 is 2.27 bits per heavy atom. The molecular formula is C32H29F2N5O2. The molecule has 2 heterocycles. The van der Waals surface area contributed by atoms with Crippen molar-refractivity contribution in [3.8, 4) is 0 Å². The van der Waals surface area contributed by atoms with E-state index in [0.29, 0.717) is 11.1 Å². The number of carbonyl (C=O) groups excluding carboxylic acids is 1. The van der Waals surface area contributed by atoms with Gasteiger partial charge in [0.15, 0.2) is 11.8 Å². The number of hydrogen-bond acceptors (Lipinski definition) is 5. The van der Waals surface area contributed by atoms with Crippen LogP contribution in [0.25, 0.3) is 5.57 Å². The number of alkyl halides is 2. The van der Waals surface area contributed by atoms with E-state index in [4.69, 9.17) is 4.74 Å². The number of nitrogens with one attached hydrogen (secondary N) is 3. The highest BCUT2D eigenvalue weighted by Crippen LogP contribution is 2.35. The largest absolute Gasteiger partial charge is 0.344 e. The maximum Gasteiger partial charge on any atom is 0.251 e. The molecule has 1 saturated heterocycles. The number of hydrogen-bond donors (Lipinski definition) is 3. The van der Waals surface area contributed by atoms with E-state index in [1.54, 1.807) is 47.3 Å².